The molecule has 1 fully saturated rings. The summed E-state index contributed by atoms with van der Waals surface area (Å²) in [6.45, 7) is 11.4. The van der Waals surface area contributed by atoms with Gasteiger partial charge in [0.1, 0.15) is 6.61 Å². The molecule has 1 aliphatic rings. The van der Waals surface area contributed by atoms with Gasteiger partial charge in [-0.15, -0.1) is 0 Å². The highest BCUT2D eigenvalue weighted by molar-refractivity contribution is 5.73. The maximum atomic E-state index is 11.8. The zero-order valence-electron chi connectivity index (χ0n) is 10.9. The minimum Gasteiger partial charge on any atom is -0.476 e. The fourth-order valence-electron chi connectivity index (χ4n) is 1.94. The van der Waals surface area contributed by atoms with Crippen LogP contribution >= 0.6 is 0 Å². The molecule has 0 spiro atoms. The van der Waals surface area contributed by atoms with Crippen molar-refractivity contribution in [2.45, 2.75) is 19.4 Å². The summed E-state index contributed by atoms with van der Waals surface area (Å²) in [5.41, 5.74) is 0. The van der Waals surface area contributed by atoms with Crippen molar-refractivity contribution < 1.29 is 14.3 Å². The molecule has 1 rings (SSSR count). The van der Waals surface area contributed by atoms with E-state index in [2.05, 4.69) is 23.8 Å². The minimum absolute atomic E-state index is 0.00242. The number of carbonyl (C=O) groups is 1. The smallest absolute Gasteiger partial charge is 0.312 e. The first-order valence-electron chi connectivity index (χ1n) is 6.25. The zero-order chi connectivity index (χ0) is 13.4. The first kappa shape index (κ1) is 14.6. The molecule has 1 aliphatic heterocycles. The lowest BCUT2D eigenvalue weighted by molar-refractivity contribution is -0.149. The van der Waals surface area contributed by atoms with Crippen LogP contribution in [0.25, 0.3) is 0 Å². The van der Waals surface area contributed by atoms with Gasteiger partial charge in [-0.25, -0.2) is 0 Å². The molecule has 2 N–H and O–H groups in total. The number of hydrogen-bond donors (Lipinski definition) is 2. The van der Waals surface area contributed by atoms with Gasteiger partial charge in [-0.3, -0.25) is 4.79 Å². The van der Waals surface area contributed by atoms with Crippen LogP contribution in [0.1, 0.15) is 13.3 Å². The number of nitrogens with one attached hydrogen (secondary N) is 2. The van der Waals surface area contributed by atoms with E-state index in [4.69, 9.17) is 9.47 Å². The standard InChI is InChI=1S/C13H22N2O3/c1-4-8-18-10(3)15-12-6-7-14-9-11(12)13(16)17-5-2/h4,11-12,14-15H,1,3,5-9H2,2H3. The van der Waals surface area contributed by atoms with Crippen LogP contribution in [0.15, 0.2) is 25.1 Å². The van der Waals surface area contributed by atoms with Gasteiger partial charge in [-0.2, -0.15) is 0 Å². The van der Waals surface area contributed by atoms with Crippen LogP contribution in [0.5, 0.6) is 0 Å². The second kappa shape index (κ2) is 7.76. The van der Waals surface area contributed by atoms with E-state index < -0.39 is 0 Å². The van der Waals surface area contributed by atoms with E-state index in [0.29, 0.717) is 25.6 Å². The predicted octanol–water partition coefficient (Wildman–Crippen LogP) is 0.791. The SMILES string of the molecule is C=CCOC(=C)NC1CCNCC1C(=O)OCC. The highest BCUT2D eigenvalue weighted by atomic mass is 16.5. The van der Waals surface area contributed by atoms with Crippen molar-refractivity contribution >= 4 is 5.97 Å². The van der Waals surface area contributed by atoms with Crippen molar-refractivity contribution in [1.82, 2.24) is 10.6 Å². The molecule has 0 aromatic rings. The van der Waals surface area contributed by atoms with E-state index in [-0.39, 0.29) is 17.9 Å². The third-order valence-corrected chi connectivity index (χ3v) is 2.79. The van der Waals surface area contributed by atoms with E-state index >= 15 is 0 Å². The van der Waals surface area contributed by atoms with Crippen molar-refractivity contribution in [1.29, 1.82) is 0 Å². The van der Waals surface area contributed by atoms with E-state index in [0.717, 1.165) is 13.0 Å². The molecule has 5 heteroatoms. The van der Waals surface area contributed by atoms with Crippen molar-refractivity contribution in [2.24, 2.45) is 5.92 Å². The number of carbonyl (C=O) groups excluding carboxylic acids is 1. The third kappa shape index (κ3) is 4.41. The van der Waals surface area contributed by atoms with Crippen LogP contribution < -0.4 is 10.6 Å². The Bertz CT molecular complexity index is 305. The predicted molar refractivity (Wildman–Crippen MR) is 69.8 cm³/mol. The van der Waals surface area contributed by atoms with E-state index in [9.17, 15) is 4.79 Å². The minimum atomic E-state index is -0.206. The summed E-state index contributed by atoms with van der Waals surface area (Å²) in [5.74, 6) is 0.0811. The molecule has 0 radical (unpaired) electrons. The monoisotopic (exact) mass is 254 g/mol. The van der Waals surface area contributed by atoms with Crippen LogP contribution in [0.3, 0.4) is 0 Å². The molecule has 18 heavy (non-hydrogen) atoms. The average molecular weight is 254 g/mol. The van der Waals surface area contributed by atoms with Crippen LogP contribution in [0, 0.1) is 5.92 Å². The van der Waals surface area contributed by atoms with E-state index in [1.54, 1.807) is 6.08 Å². The Balaban J connectivity index is 2.51. The van der Waals surface area contributed by atoms with Gasteiger partial charge >= 0.3 is 5.97 Å². The van der Waals surface area contributed by atoms with Crippen LogP contribution in [0.2, 0.25) is 0 Å². The highest BCUT2D eigenvalue weighted by Gasteiger charge is 2.32. The third-order valence-electron chi connectivity index (χ3n) is 2.79. The second-order valence-electron chi connectivity index (χ2n) is 4.13. The number of esters is 1. The molecule has 0 saturated carbocycles. The summed E-state index contributed by atoms with van der Waals surface area (Å²) in [6.07, 6.45) is 2.48. The normalized spacial score (nSPS) is 22.9. The first-order chi connectivity index (χ1) is 8.69. The Labute approximate surface area is 108 Å². The lowest BCUT2D eigenvalue weighted by Gasteiger charge is -2.32. The quantitative estimate of drug-likeness (QED) is 0.399. The molecule has 2 atom stereocenters. The van der Waals surface area contributed by atoms with Crippen LogP contribution in [-0.2, 0) is 14.3 Å². The largest absolute Gasteiger partial charge is 0.476 e. The van der Waals surface area contributed by atoms with Crippen molar-refractivity contribution in [3.63, 3.8) is 0 Å². The highest BCUT2D eigenvalue weighted by Crippen LogP contribution is 2.14. The Morgan fingerprint density at radius 3 is 3.00 bits per heavy atom. The van der Waals surface area contributed by atoms with Gasteiger partial charge in [-0.05, 0) is 26.5 Å². The maximum Gasteiger partial charge on any atom is 0.312 e. The fourth-order valence-corrected chi connectivity index (χ4v) is 1.94. The van der Waals surface area contributed by atoms with Crippen molar-refractivity contribution in [3.05, 3.63) is 25.1 Å². The Kier molecular flexibility index (Phi) is 6.28. The summed E-state index contributed by atoms with van der Waals surface area (Å²) in [6, 6.07) is 0.00242. The molecular formula is C13H22N2O3. The second-order valence-corrected chi connectivity index (χ2v) is 4.13. The molecule has 0 aliphatic carbocycles. The topological polar surface area (TPSA) is 59.6 Å². The van der Waals surface area contributed by atoms with Gasteiger partial charge in [0.2, 0.25) is 0 Å². The molecule has 5 nitrogen and oxygen atoms in total. The Hall–Kier alpha value is -1.49. The Morgan fingerprint density at radius 2 is 2.33 bits per heavy atom. The molecule has 0 bridgehead atoms. The van der Waals surface area contributed by atoms with Crippen molar-refractivity contribution in [3.8, 4) is 0 Å². The molecule has 0 amide bonds. The summed E-state index contributed by atoms with van der Waals surface area (Å²) in [4.78, 5) is 11.8. The van der Waals surface area contributed by atoms with Gasteiger partial charge < -0.3 is 20.1 Å². The van der Waals surface area contributed by atoms with Gasteiger partial charge in [0.25, 0.3) is 0 Å². The molecule has 0 aromatic heterocycles. The number of piperidine rings is 1. The Morgan fingerprint density at radius 1 is 1.56 bits per heavy atom. The number of ether oxygens (including phenoxy) is 2. The summed E-state index contributed by atoms with van der Waals surface area (Å²) in [7, 11) is 0. The number of hydrogen-bond acceptors (Lipinski definition) is 5. The van der Waals surface area contributed by atoms with E-state index in [1.807, 2.05) is 6.92 Å². The summed E-state index contributed by atoms with van der Waals surface area (Å²) >= 11 is 0. The fraction of sp³-hybridized carbons (Fsp3) is 0.615. The van der Waals surface area contributed by atoms with Gasteiger partial charge in [0, 0.05) is 12.6 Å². The molecule has 102 valence electrons. The molecule has 0 aromatic carbocycles. The van der Waals surface area contributed by atoms with Gasteiger partial charge in [0.15, 0.2) is 5.88 Å². The van der Waals surface area contributed by atoms with Gasteiger partial charge in [0.05, 0.1) is 12.5 Å². The lowest BCUT2D eigenvalue weighted by atomic mass is 9.93. The summed E-state index contributed by atoms with van der Waals surface area (Å²) in [5, 5.41) is 6.33. The zero-order valence-corrected chi connectivity index (χ0v) is 10.9. The first-order valence-corrected chi connectivity index (χ1v) is 6.25. The van der Waals surface area contributed by atoms with Crippen molar-refractivity contribution in [2.75, 3.05) is 26.3 Å². The molecule has 2 unspecified atom stereocenters. The number of rotatable bonds is 7. The van der Waals surface area contributed by atoms with Crippen LogP contribution in [0.4, 0.5) is 0 Å². The van der Waals surface area contributed by atoms with Gasteiger partial charge in [-0.1, -0.05) is 12.7 Å². The summed E-state index contributed by atoms with van der Waals surface area (Å²) < 4.78 is 10.4. The molecule has 1 heterocycles. The lowest BCUT2D eigenvalue weighted by Crippen LogP contribution is -2.51. The van der Waals surface area contributed by atoms with E-state index in [1.165, 1.54) is 0 Å². The molecular weight excluding hydrogens is 232 g/mol. The maximum absolute atomic E-state index is 11.8. The molecule has 1 saturated heterocycles. The average Bonchev–Trinajstić information content (AvgIpc) is 2.37. The van der Waals surface area contributed by atoms with Crippen LogP contribution in [-0.4, -0.2) is 38.3 Å².